The van der Waals surface area contributed by atoms with Gasteiger partial charge in [-0.2, -0.15) is 0 Å². The predicted octanol–water partition coefficient (Wildman–Crippen LogP) is 15.4. The largest absolute Gasteiger partial charge is 0.504 e. The normalized spacial score (nSPS) is 18.7. The summed E-state index contributed by atoms with van der Waals surface area (Å²) >= 11 is 5.59. The third-order valence-corrected chi connectivity index (χ3v) is 19.9. The molecule has 0 saturated carbocycles. The Morgan fingerprint density at radius 2 is 0.556 bits per heavy atom. The average Bonchev–Trinajstić information content (AvgIpc) is 2.27. The van der Waals surface area contributed by atoms with Gasteiger partial charge in [-0.25, -0.2) is 0 Å². The Bertz CT molecular complexity index is 2400. The molecule has 4 N–H and O–H groups in total. The maximum atomic E-state index is 9.54. The van der Waals surface area contributed by atoms with Crippen molar-refractivity contribution in [2.24, 2.45) is 23.7 Å². The molecule has 5 heterocycles. The number of benzene rings is 4. The van der Waals surface area contributed by atoms with Crippen molar-refractivity contribution in [3.05, 3.63) is 95.1 Å². The van der Waals surface area contributed by atoms with Gasteiger partial charge in [-0.3, -0.25) is 0 Å². The van der Waals surface area contributed by atoms with Crippen LogP contribution in [0.2, 0.25) is 0 Å². The summed E-state index contributed by atoms with van der Waals surface area (Å²) in [6.45, 7) is 30.2. The molecule has 4 atom stereocenters. The van der Waals surface area contributed by atoms with E-state index >= 15 is 0 Å². The lowest BCUT2D eigenvalue weighted by molar-refractivity contribution is 0.193. The standard InChI is InChI=1S/C50H82N4O4.C18H22O4.C8H16ClN/c1-43(39-45-19-21-47(55-35-15-31-51-23-7-3-8-24-51)49(41-45)57-37-17-33-53-27-11-5-12-28-53)44(2)40-46-20-22-48(56-36-16-32-52-25-9-4-10-26-52)50(42-46)58-38-18-34-54-29-13-6-14-30-54;1-11(7-13-3-5-15(19)17(21)9-13)12(2)8-14-4-6-16(20)18(22)10-14;9-5-4-8-10-6-2-1-3-7-10/h19-22,41-44H,3-18,23-40H2,1-2H3;3-6,9-12,19-22H,7-8H2,1-2H3;1-8H2/t43-,44+;11-,12+;. The molecular formula is C76H120ClN5O8. The number of piperidine rings is 5. The Morgan fingerprint density at radius 1 is 0.311 bits per heavy atom. The molecule has 13 nitrogen and oxygen atoms in total. The number of alkyl halides is 1. The van der Waals surface area contributed by atoms with E-state index in [1.807, 2.05) is 12.1 Å². The zero-order valence-electron chi connectivity index (χ0n) is 56.4. The van der Waals surface area contributed by atoms with Gasteiger partial charge < -0.3 is 63.9 Å². The lowest BCUT2D eigenvalue weighted by atomic mass is 9.85. The molecule has 5 fully saturated rings. The monoisotopic (exact) mass is 1270 g/mol. The minimum Gasteiger partial charge on any atom is -0.504 e. The predicted molar refractivity (Wildman–Crippen MR) is 371 cm³/mol. The number of halogens is 1. The van der Waals surface area contributed by atoms with Crippen LogP contribution in [0.5, 0.6) is 46.0 Å². The molecule has 14 heteroatoms. The van der Waals surface area contributed by atoms with Gasteiger partial charge in [-0.1, -0.05) is 84.1 Å². The highest BCUT2D eigenvalue weighted by Gasteiger charge is 2.21. The average molecular weight is 1270 g/mol. The van der Waals surface area contributed by atoms with Crippen molar-refractivity contribution in [1.29, 1.82) is 0 Å². The van der Waals surface area contributed by atoms with E-state index in [2.05, 4.69) is 88.6 Å². The number of hydrogen-bond donors (Lipinski definition) is 4. The summed E-state index contributed by atoms with van der Waals surface area (Å²) in [6, 6.07) is 23.2. The first-order chi connectivity index (χ1) is 43.9. The van der Waals surface area contributed by atoms with E-state index in [1.54, 1.807) is 12.1 Å². The summed E-state index contributed by atoms with van der Waals surface area (Å²) in [5.41, 5.74) is 4.61. The molecule has 0 bridgehead atoms. The number of phenolic OH excluding ortho intramolecular Hbond substituents is 4. The first-order valence-electron chi connectivity index (χ1n) is 35.9. The molecule has 504 valence electrons. The summed E-state index contributed by atoms with van der Waals surface area (Å²) in [5, 5.41) is 37.8. The second kappa shape index (κ2) is 41.9. The Kier molecular flexibility index (Phi) is 33.8. The van der Waals surface area contributed by atoms with E-state index in [4.69, 9.17) is 30.5 Å². The number of hydrogen-bond acceptors (Lipinski definition) is 13. The zero-order chi connectivity index (χ0) is 63.6. The zero-order valence-corrected chi connectivity index (χ0v) is 57.1. The van der Waals surface area contributed by atoms with Gasteiger partial charge in [0.1, 0.15) is 0 Å². The summed E-state index contributed by atoms with van der Waals surface area (Å²) in [5.74, 6) is 5.78. The fourth-order valence-electron chi connectivity index (χ4n) is 13.6. The van der Waals surface area contributed by atoms with E-state index in [-0.39, 0.29) is 23.0 Å². The van der Waals surface area contributed by atoms with Crippen LogP contribution in [0.1, 0.15) is 178 Å². The van der Waals surface area contributed by atoms with Crippen LogP contribution in [0.15, 0.2) is 72.8 Å². The van der Waals surface area contributed by atoms with Crippen LogP contribution >= 0.6 is 11.6 Å². The highest BCUT2D eigenvalue weighted by molar-refractivity contribution is 6.17. The van der Waals surface area contributed by atoms with Crippen LogP contribution in [0.3, 0.4) is 0 Å². The third kappa shape index (κ3) is 27.5. The molecule has 0 unspecified atom stereocenters. The third-order valence-electron chi connectivity index (χ3n) is 19.6. The highest BCUT2D eigenvalue weighted by Crippen LogP contribution is 2.35. The topological polar surface area (TPSA) is 134 Å². The van der Waals surface area contributed by atoms with Crippen LogP contribution in [0.25, 0.3) is 0 Å². The molecule has 0 amide bonds. The summed E-state index contributed by atoms with van der Waals surface area (Å²) < 4.78 is 25.9. The number of aromatic hydroxyl groups is 4. The molecule has 5 aliphatic heterocycles. The van der Waals surface area contributed by atoms with Crippen LogP contribution in [0.4, 0.5) is 0 Å². The molecule has 0 aromatic heterocycles. The quantitative estimate of drug-likeness (QED) is 0.0205. The fourth-order valence-corrected chi connectivity index (χ4v) is 13.7. The smallest absolute Gasteiger partial charge is 0.161 e. The van der Waals surface area contributed by atoms with Crippen LogP contribution < -0.4 is 18.9 Å². The maximum Gasteiger partial charge on any atom is 0.161 e. The van der Waals surface area contributed by atoms with Crippen molar-refractivity contribution in [3.63, 3.8) is 0 Å². The van der Waals surface area contributed by atoms with E-state index in [9.17, 15) is 20.4 Å². The molecule has 5 aliphatic rings. The van der Waals surface area contributed by atoms with Gasteiger partial charge in [0.15, 0.2) is 46.0 Å². The summed E-state index contributed by atoms with van der Waals surface area (Å²) in [7, 11) is 0. The van der Waals surface area contributed by atoms with Crippen LogP contribution in [-0.4, -0.2) is 175 Å². The van der Waals surface area contributed by atoms with Gasteiger partial charge in [0.2, 0.25) is 0 Å². The maximum absolute atomic E-state index is 9.54. The first-order valence-corrected chi connectivity index (χ1v) is 36.4. The van der Waals surface area contributed by atoms with Crippen LogP contribution in [0, 0.1) is 23.7 Å². The lowest BCUT2D eigenvalue weighted by Gasteiger charge is -2.26. The first kappa shape index (κ1) is 72.8. The molecule has 0 radical (unpaired) electrons. The summed E-state index contributed by atoms with van der Waals surface area (Å²) in [4.78, 5) is 12.9. The molecule has 0 spiro atoms. The lowest BCUT2D eigenvalue weighted by Crippen LogP contribution is -2.31. The Labute approximate surface area is 549 Å². The minimum atomic E-state index is -0.107. The van der Waals surface area contributed by atoms with E-state index in [0.717, 1.165) is 150 Å². The molecule has 4 aromatic rings. The van der Waals surface area contributed by atoms with Gasteiger partial charge >= 0.3 is 0 Å². The number of likely N-dealkylation sites (tertiary alicyclic amines) is 5. The number of nitrogens with zero attached hydrogens (tertiary/aromatic N) is 5. The van der Waals surface area contributed by atoms with E-state index in [1.165, 1.54) is 192 Å². The molecule has 4 aromatic carbocycles. The van der Waals surface area contributed by atoms with Crippen molar-refractivity contribution < 1.29 is 39.4 Å². The molecular weight excluding hydrogens is 1150 g/mol. The van der Waals surface area contributed by atoms with Crippen molar-refractivity contribution in [2.45, 2.75) is 182 Å². The van der Waals surface area contributed by atoms with Gasteiger partial charge in [0.25, 0.3) is 0 Å². The van der Waals surface area contributed by atoms with Crippen molar-refractivity contribution >= 4 is 11.6 Å². The van der Waals surface area contributed by atoms with Crippen molar-refractivity contribution in [3.8, 4) is 46.0 Å². The van der Waals surface area contributed by atoms with Crippen molar-refractivity contribution in [1.82, 2.24) is 24.5 Å². The van der Waals surface area contributed by atoms with Gasteiger partial charge in [-0.05, 0) is 288 Å². The fraction of sp³-hybridized carbons (Fsp3) is 0.684. The Hall–Kier alpha value is -4.63. The number of rotatable bonds is 33. The van der Waals surface area contributed by atoms with E-state index < -0.39 is 0 Å². The second-order valence-corrected chi connectivity index (χ2v) is 27.7. The molecule has 5 saturated heterocycles. The Balaban J connectivity index is 0.000000292. The molecule has 90 heavy (non-hydrogen) atoms. The summed E-state index contributed by atoms with van der Waals surface area (Å²) in [6.07, 6.45) is 29.4. The second-order valence-electron chi connectivity index (χ2n) is 27.3. The van der Waals surface area contributed by atoms with Crippen molar-refractivity contribution in [2.75, 3.05) is 130 Å². The molecule has 9 rings (SSSR count). The van der Waals surface area contributed by atoms with Crippen LogP contribution in [-0.2, 0) is 25.7 Å². The SMILES string of the molecule is C[C@H](Cc1ccc(O)c(O)c1)[C@@H](C)Cc1ccc(O)c(O)c1.C[C@H](Cc1ccc(OCCCN2CCCCC2)c(OCCCN2CCCCC2)c1)[C@@H](C)Cc1ccc(OCCCN2CCCCC2)c(OCCCN2CCCCC2)c1.ClCCCN1CCCCC1. The highest BCUT2D eigenvalue weighted by atomic mass is 35.5. The van der Waals surface area contributed by atoms with Gasteiger partial charge in [0.05, 0.1) is 26.4 Å². The number of phenols is 4. The minimum absolute atomic E-state index is 0.0965. The van der Waals surface area contributed by atoms with E-state index in [0.29, 0.717) is 23.7 Å². The number of ether oxygens (including phenoxy) is 4. The van der Waals surface area contributed by atoms with Gasteiger partial charge in [0, 0.05) is 32.1 Å². The molecule has 0 aliphatic carbocycles. The Morgan fingerprint density at radius 3 is 0.822 bits per heavy atom. The van der Waals surface area contributed by atoms with Gasteiger partial charge in [-0.15, -0.1) is 11.6 Å².